The van der Waals surface area contributed by atoms with Crippen LogP contribution in [0.3, 0.4) is 0 Å². The number of benzene rings is 2. The third-order valence-electron chi connectivity index (χ3n) is 8.14. The average molecular weight is 655 g/mol. The maximum Gasteiger partial charge on any atom is 0.347 e. The highest BCUT2D eigenvalue weighted by Gasteiger charge is 2.47. The second kappa shape index (κ2) is 16.1. The minimum Gasteiger partial charge on any atom is -0.495 e. The molecule has 2 aliphatic rings. The van der Waals surface area contributed by atoms with Crippen molar-refractivity contribution in [3.8, 4) is 5.75 Å². The van der Waals surface area contributed by atoms with Crippen LogP contribution in [-0.4, -0.2) is 61.8 Å². The van der Waals surface area contributed by atoms with E-state index in [4.69, 9.17) is 30.5 Å². The fourth-order valence-corrected chi connectivity index (χ4v) is 5.67. The van der Waals surface area contributed by atoms with Crippen molar-refractivity contribution in [2.75, 3.05) is 13.7 Å². The van der Waals surface area contributed by atoms with E-state index in [0.29, 0.717) is 16.3 Å². The fourth-order valence-electron chi connectivity index (χ4n) is 5.39. The number of cyclic esters (lactones) is 2. The van der Waals surface area contributed by atoms with E-state index in [1.54, 1.807) is 31.2 Å². The average Bonchev–Trinajstić information content (AvgIpc) is 3.83. The van der Waals surface area contributed by atoms with E-state index < -0.39 is 47.9 Å². The van der Waals surface area contributed by atoms with E-state index in [1.807, 2.05) is 51.1 Å². The SMILES string of the molecule is COc1ccc(C[C@@H]2NC(=O)/C=C\C[C@@H]([C@@H](C)[C@H]3O[C@@H]3c3ccccc3)OC(=O)[C@H](CC(C)C)OC(=O)[C@H](C)CNC2=O)cc1Cl. The summed E-state index contributed by atoms with van der Waals surface area (Å²) < 4.78 is 22.9. The van der Waals surface area contributed by atoms with Gasteiger partial charge in [-0.3, -0.25) is 14.4 Å². The van der Waals surface area contributed by atoms with Crippen molar-refractivity contribution in [1.29, 1.82) is 0 Å². The van der Waals surface area contributed by atoms with Crippen LogP contribution in [0.2, 0.25) is 5.02 Å². The van der Waals surface area contributed by atoms with Gasteiger partial charge in [-0.25, -0.2) is 4.79 Å². The largest absolute Gasteiger partial charge is 0.495 e. The smallest absolute Gasteiger partial charge is 0.347 e. The Morgan fingerprint density at radius 2 is 1.74 bits per heavy atom. The number of hydrogen-bond donors (Lipinski definition) is 2. The molecule has 10 nitrogen and oxygen atoms in total. The highest BCUT2D eigenvalue weighted by molar-refractivity contribution is 6.32. The van der Waals surface area contributed by atoms with E-state index in [9.17, 15) is 19.2 Å². The fraction of sp³-hybridized carbons (Fsp3) is 0.486. The zero-order chi connectivity index (χ0) is 33.4. The number of ether oxygens (including phenoxy) is 4. The molecule has 2 heterocycles. The lowest BCUT2D eigenvalue weighted by Crippen LogP contribution is -2.49. The number of rotatable bonds is 8. The molecule has 1 saturated heterocycles. The molecule has 4 rings (SSSR count). The van der Waals surface area contributed by atoms with Crippen LogP contribution in [0.4, 0.5) is 0 Å². The first-order valence-electron chi connectivity index (χ1n) is 15.6. The number of esters is 2. The van der Waals surface area contributed by atoms with Crippen molar-refractivity contribution in [3.05, 3.63) is 76.8 Å². The number of methoxy groups -OCH3 is 1. The molecule has 2 aromatic rings. The Morgan fingerprint density at radius 1 is 1.00 bits per heavy atom. The molecule has 0 aromatic heterocycles. The molecular formula is C35H43ClN2O8. The number of halogens is 1. The monoisotopic (exact) mass is 654 g/mol. The van der Waals surface area contributed by atoms with Gasteiger partial charge in [0.05, 0.1) is 24.2 Å². The third kappa shape index (κ3) is 9.56. The van der Waals surface area contributed by atoms with Crippen LogP contribution in [-0.2, 0) is 39.8 Å². The van der Waals surface area contributed by atoms with E-state index in [2.05, 4.69) is 10.6 Å². The van der Waals surface area contributed by atoms with Gasteiger partial charge in [0, 0.05) is 25.3 Å². The summed E-state index contributed by atoms with van der Waals surface area (Å²) >= 11 is 6.30. The Kier molecular flexibility index (Phi) is 12.2. The molecule has 7 atom stereocenters. The summed E-state index contributed by atoms with van der Waals surface area (Å²) in [6, 6.07) is 13.9. The minimum absolute atomic E-state index is 0.0341. The summed E-state index contributed by atoms with van der Waals surface area (Å²) in [7, 11) is 1.51. The van der Waals surface area contributed by atoms with Crippen LogP contribution < -0.4 is 15.4 Å². The molecule has 248 valence electrons. The van der Waals surface area contributed by atoms with Crippen LogP contribution in [0.5, 0.6) is 5.75 Å². The summed E-state index contributed by atoms with van der Waals surface area (Å²) in [5.41, 5.74) is 1.73. The molecule has 2 aromatic carbocycles. The molecule has 0 bridgehead atoms. The summed E-state index contributed by atoms with van der Waals surface area (Å²) in [6.45, 7) is 7.31. The topological polar surface area (TPSA) is 133 Å². The molecule has 2 aliphatic heterocycles. The molecule has 0 unspecified atom stereocenters. The molecule has 0 aliphatic carbocycles. The summed E-state index contributed by atoms with van der Waals surface area (Å²) in [6.07, 6.45) is 1.40. The van der Waals surface area contributed by atoms with E-state index in [0.717, 1.165) is 5.56 Å². The summed E-state index contributed by atoms with van der Waals surface area (Å²) in [4.78, 5) is 52.9. The van der Waals surface area contributed by atoms with E-state index in [1.165, 1.54) is 13.2 Å². The van der Waals surface area contributed by atoms with E-state index in [-0.39, 0.29) is 49.9 Å². The molecule has 1 fully saturated rings. The maximum atomic E-state index is 13.5. The van der Waals surface area contributed by atoms with Crippen molar-refractivity contribution in [1.82, 2.24) is 10.6 Å². The van der Waals surface area contributed by atoms with Crippen molar-refractivity contribution in [2.24, 2.45) is 17.8 Å². The van der Waals surface area contributed by atoms with Gasteiger partial charge in [0.25, 0.3) is 0 Å². The molecule has 0 saturated carbocycles. The third-order valence-corrected chi connectivity index (χ3v) is 8.44. The maximum absolute atomic E-state index is 13.5. The predicted molar refractivity (Wildman–Crippen MR) is 172 cm³/mol. The molecular weight excluding hydrogens is 612 g/mol. The van der Waals surface area contributed by atoms with Crippen molar-refractivity contribution in [2.45, 2.75) is 77.4 Å². The number of carbonyl (C=O) groups excluding carboxylic acids is 4. The number of epoxide rings is 1. The molecule has 0 spiro atoms. The highest BCUT2D eigenvalue weighted by Crippen LogP contribution is 2.45. The van der Waals surface area contributed by atoms with Crippen LogP contribution >= 0.6 is 11.6 Å². The Morgan fingerprint density at radius 3 is 2.41 bits per heavy atom. The first-order chi connectivity index (χ1) is 22.0. The highest BCUT2D eigenvalue weighted by atomic mass is 35.5. The summed E-state index contributed by atoms with van der Waals surface area (Å²) in [5, 5.41) is 5.86. The number of amides is 2. The predicted octanol–water partition coefficient (Wildman–Crippen LogP) is 4.73. The number of hydrogen-bond acceptors (Lipinski definition) is 8. The van der Waals surface area contributed by atoms with Crippen molar-refractivity contribution in [3.63, 3.8) is 0 Å². The Labute approximate surface area is 275 Å². The van der Waals surface area contributed by atoms with E-state index >= 15 is 0 Å². The lowest BCUT2D eigenvalue weighted by Gasteiger charge is -2.27. The lowest BCUT2D eigenvalue weighted by atomic mass is 9.93. The van der Waals surface area contributed by atoms with Crippen LogP contribution in [0, 0.1) is 17.8 Å². The molecule has 2 N–H and O–H groups in total. The number of carbonyl (C=O) groups is 4. The molecule has 2 amide bonds. The van der Waals surface area contributed by atoms with Gasteiger partial charge in [-0.15, -0.1) is 0 Å². The Bertz CT molecular complexity index is 1410. The van der Waals surface area contributed by atoms with Crippen molar-refractivity contribution < 1.29 is 38.1 Å². The van der Waals surface area contributed by atoms with Gasteiger partial charge in [-0.05, 0) is 41.7 Å². The summed E-state index contributed by atoms with van der Waals surface area (Å²) in [5.74, 6) is -2.78. The second-order valence-electron chi connectivity index (χ2n) is 12.3. The van der Waals surface area contributed by atoms with Crippen LogP contribution in [0.25, 0.3) is 0 Å². The number of nitrogens with one attached hydrogen (secondary N) is 2. The molecule has 0 radical (unpaired) electrons. The zero-order valence-electron chi connectivity index (χ0n) is 26.9. The van der Waals surface area contributed by atoms with Gasteiger partial charge in [-0.1, -0.05) is 81.8 Å². The first kappa shape index (κ1) is 35.0. The minimum atomic E-state index is -1.13. The molecule has 11 heteroatoms. The second-order valence-corrected chi connectivity index (χ2v) is 12.7. The van der Waals surface area contributed by atoms with Gasteiger partial charge < -0.3 is 29.6 Å². The standard InChI is InChI=1S/C35H43ClN2O8/c1-20(2)16-29-35(42)44-27(22(4)31-32(46-31)24-10-7-6-8-11-24)12-9-13-30(39)38-26(33(40)37-19-21(3)34(41)45-29)18-23-14-15-28(43-5)25(36)17-23/h6-11,13-15,17,20-22,26-27,29,31-32H,12,16,18-19H2,1-5H3,(H,37,40)(H,38,39)/b13-9-/t21-,22-,26+,27+,29+,31-,32-/m1/s1. The van der Waals surface area contributed by atoms with Crippen LogP contribution in [0.1, 0.15) is 57.8 Å². The Balaban J connectivity index is 1.58. The van der Waals surface area contributed by atoms with Crippen LogP contribution in [0.15, 0.2) is 60.7 Å². The van der Waals surface area contributed by atoms with Crippen molar-refractivity contribution >= 4 is 35.4 Å². The van der Waals surface area contributed by atoms with Gasteiger partial charge in [0.15, 0.2) is 6.10 Å². The van der Waals surface area contributed by atoms with Gasteiger partial charge in [0.2, 0.25) is 11.8 Å². The van der Waals surface area contributed by atoms with Gasteiger partial charge >= 0.3 is 11.9 Å². The van der Waals surface area contributed by atoms with Gasteiger partial charge in [0.1, 0.15) is 24.0 Å². The normalized spacial score (nSPS) is 27.5. The zero-order valence-corrected chi connectivity index (χ0v) is 27.6. The molecule has 46 heavy (non-hydrogen) atoms. The quantitative estimate of drug-likeness (QED) is 0.308. The first-order valence-corrected chi connectivity index (χ1v) is 16.0. The Hall–Kier alpha value is -3.89. The lowest BCUT2D eigenvalue weighted by molar-refractivity contribution is -0.176. The van der Waals surface area contributed by atoms with Gasteiger partial charge in [-0.2, -0.15) is 0 Å².